The first-order valence-corrected chi connectivity index (χ1v) is 10.8. The van der Waals surface area contributed by atoms with Gasteiger partial charge in [-0.15, -0.1) is 0 Å². The normalized spacial score (nSPS) is 32.0. The molecule has 8 heteroatoms. The molecule has 3 aromatic rings. The van der Waals surface area contributed by atoms with Gasteiger partial charge < -0.3 is 15.3 Å². The molecule has 8 nitrogen and oxygen atoms in total. The van der Waals surface area contributed by atoms with Crippen LogP contribution in [0.5, 0.6) is 0 Å². The van der Waals surface area contributed by atoms with Gasteiger partial charge in [0.1, 0.15) is 5.65 Å². The molecule has 0 aromatic carbocycles. The third-order valence-corrected chi connectivity index (χ3v) is 7.79. The van der Waals surface area contributed by atoms with Crippen molar-refractivity contribution in [3.63, 3.8) is 0 Å². The van der Waals surface area contributed by atoms with Crippen LogP contribution in [0.25, 0.3) is 22.1 Å². The molecule has 2 unspecified atom stereocenters. The van der Waals surface area contributed by atoms with E-state index in [1.807, 2.05) is 16.8 Å². The van der Waals surface area contributed by atoms with E-state index >= 15 is 0 Å². The Morgan fingerprint density at radius 3 is 2.90 bits per heavy atom. The number of aromatic nitrogens is 4. The number of aromatic amines is 2. The number of hydrogen-bond donors (Lipinski definition) is 3. The molecule has 30 heavy (non-hydrogen) atoms. The quantitative estimate of drug-likeness (QED) is 0.579. The van der Waals surface area contributed by atoms with E-state index in [1.54, 1.807) is 6.20 Å². The van der Waals surface area contributed by atoms with E-state index in [4.69, 9.17) is 5.26 Å². The zero-order chi connectivity index (χ0) is 20.5. The van der Waals surface area contributed by atoms with Crippen LogP contribution in [0.15, 0.2) is 23.3 Å². The lowest BCUT2D eigenvalue weighted by atomic mass is 9.47. The van der Waals surface area contributed by atoms with Gasteiger partial charge in [0.05, 0.1) is 35.1 Å². The number of carbonyl (C=O) groups is 1. The molecule has 4 aliphatic rings. The maximum atomic E-state index is 13.1. The largest absolute Gasteiger partial charge is 0.355 e. The number of pyridine rings is 1. The van der Waals surface area contributed by atoms with E-state index in [0.717, 1.165) is 54.2 Å². The maximum absolute atomic E-state index is 13.1. The molecule has 1 amide bonds. The Morgan fingerprint density at radius 1 is 1.33 bits per heavy atom. The van der Waals surface area contributed by atoms with E-state index in [1.165, 1.54) is 0 Å². The van der Waals surface area contributed by atoms with Gasteiger partial charge in [0.2, 0.25) is 5.91 Å². The third-order valence-electron chi connectivity index (χ3n) is 7.79. The monoisotopic (exact) mass is 404 g/mol. The lowest BCUT2D eigenvalue weighted by Gasteiger charge is -2.59. The number of nitrogens with one attached hydrogen (secondary N) is 3. The van der Waals surface area contributed by atoms with Gasteiger partial charge in [-0.1, -0.05) is 0 Å². The van der Waals surface area contributed by atoms with Crippen molar-refractivity contribution in [2.45, 2.75) is 44.6 Å². The van der Waals surface area contributed by atoms with Gasteiger partial charge in [0, 0.05) is 24.2 Å². The van der Waals surface area contributed by atoms with Gasteiger partial charge in [0.25, 0.3) is 0 Å². The molecule has 4 aliphatic carbocycles. The number of nitrogens with zero attached hydrogens (tertiary/aromatic N) is 3. The molecule has 3 aromatic heterocycles. The molecule has 4 fully saturated rings. The van der Waals surface area contributed by atoms with Crippen molar-refractivity contribution in [1.29, 1.82) is 5.26 Å². The van der Waals surface area contributed by atoms with E-state index in [2.05, 4.69) is 26.3 Å². The highest BCUT2D eigenvalue weighted by atomic mass is 16.2. The number of hydrogen-bond acceptors (Lipinski definition) is 4. The predicted octanol–water partition coefficient (Wildman–Crippen LogP) is 2.60. The van der Waals surface area contributed by atoms with Crippen LogP contribution in [0.2, 0.25) is 0 Å². The summed E-state index contributed by atoms with van der Waals surface area (Å²) in [5.41, 5.74) is 2.07. The number of nitriles is 1. The minimum Gasteiger partial charge on any atom is -0.355 e. The van der Waals surface area contributed by atoms with Crippen molar-refractivity contribution in [3.05, 3.63) is 28.9 Å². The molecule has 154 valence electrons. The van der Waals surface area contributed by atoms with Gasteiger partial charge >= 0.3 is 5.69 Å². The summed E-state index contributed by atoms with van der Waals surface area (Å²) in [5.74, 6) is 1.29. The third kappa shape index (κ3) is 2.35. The predicted molar refractivity (Wildman–Crippen MR) is 110 cm³/mol. The van der Waals surface area contributed by atoms with Crippen molar-refractivity contribution in [2.75, 3.05) is 6.54 Å². The van der Waals surface area contributed by atoms with Crippen LogP contribution in [0.1, 0.15) is 44.6 Å². The highest BCUT2D eigenvalue weighted by molar-refractivity contribution is 6.01. The van der Waals surface area contributed by atoms with E-state index in [0.29, 0.717) is 30.7 Å². The fourth-order valence-electron chi connectivity index (χ4n) is 7.02. The molecular weight excluding hydrogens is 380 g/mol. The second-order valence-electron chi connectivity index (χ2n) is 9.47. The molecule has 3 N–H and O–H groups in total. The molecule has 2 atom stereocenters. The minimum absolute atomic E-state index is 0.0782. The Kier molecular flexibility index (Phi) is 3.67. The lowest BCUT2D eigenvalue weighted by molar-refractivity contribution is -0.151. The van der Waals surface area contributed by atoms with Crippen LogP contribution >= 0.6 is 0 Å². The van der Waals surface area contributed by atoms with Crippen molar-refractivity contribution in [3.8, 4) is 6.07 Å². The van der Waals surface area contributed by atoms with Gasteiger partial charge in [-0.05, 0) is 55.9 Å². The fraction of sp³-hybridized carbons (Fsp3) is 0.545. The van der Waals surface area contributed by atoms with Crippen LogP contribution < -0.4 is 11.0 Å². The zero-order valence-electron chi connectivity index (χ0n) is 16.6. The van der Waals surface area contributed by atoms with E-state index in [-0.39, 0.29) is 23.1 Å². The highest BCUT2D eigenvalue weighted by Gasteiger charge is 2.59. The summed E-state index contributed by atoms with van der Waals surface area (Å²) >= 11 is 0. The molecule has 0 aliphatic heterocycles. The van der Waals surface area contributed by atoms with Crippen LogP contribution in [-0.2, 0) is 4.79 Å². The molecule has 7 rings (SSSR count). The average Bonchev–Trinajstić information content (AvgIpc) is 3.31. The van der Waals surface area contributed by atoms with Crippen molar-refractivity contribution < 1.29 is 4.79 Å². The standard InChI is InChI=1S/C22H24N6O2/c23-3-1-4-25-20(29)22-8-12-6-13(9-22)17(14(7-12)10-22)28-18-15-2-5-24-19(15)26-11-16(18)27-21(28)30/h2,5,11-14,17H,1,4,6-10H2,(H,24,26)(H,25,29)(H,27,30). The number of carbonyl (C=O) groups excluding carboxylic acids is 1. The summed E-state index contributed by atoms with van der Waals surface area (Å²) in [6.45, 7) is 0.418. The second kappa shape index (κ2) is 6.21. The Balaban J connectivity index is 1.41. The van der Waals surface area contributed by atoms with Crippen LogP contribution in [-0.4, -0.2) is 32.0 Å². The maximum Gasteiger partial charge on any atom is 0.326 e. The number of rotatable bonds is 4. The Morgan fingerprint density at radius 2 is 2.13 bits per heavy atom. The molecule has 3 heterocycles. The van der Waals surface area contributed by atoms with Crippen LogP contribution in [0.4, 0.5) is 0 Å². The molecule has 0 saturated heterocycles. The van der Waals surface area contributed by atoms with Gasteiger partial charge in [-0.25, -0.2) is 9.78 Å². The first-order valence-electron chi connectivity index (χ1n) is 10.8. The van der Waals surface area contributed by atoms with Crippen molar-refractivity contribution >= 4 is 28.0 Å². The highest BCUT2D eigenvalue weighted by Crippen LogP contribution is 2.63. The first kappa shape index (κ1) is 17.8. The number of H-pyrrole nitrogens is 2. The number of imidazole rings is 1. The summed E-state index contributed by atoms with van der Waals surface area (Å²) in [5, 5.41) is 12.7. The van der Waals surface area contributed by atoms with Crippen LogP contribution in [0, 0.1) is 34.5 Å². The Hall–Kier alpha value is -3.08. The second-order valence-corrected chi connectivity index (χ2v) is 9.47. The zero-order valence-corrected chi connectivity index (χ0v) is 16.6. The molecule has 0 radical (unpaired) electrons. The summed E-state index contributed by atoms with van der Waals surface area (Å²) in [6, 6.07) is 4.19. The molecule has 0 spiro atoms. The summed E-state index contributed by atoms with van der Waals surface area (Å²) in [6.07, 6.45) is 8.67. The van der Waals surface area contributed by atoms with E-state index in [9.17, 15) is 9.59 Å². The summed E-state index contributed by atoms with van der Waals surface area (Å²) < 4.78 is 1.97. The van der Waals surface area contributed by atoms with Gasteiger partial charge in [-0.2, -0.15) is 5.26 Å². The summed E-state index contributed by atoms with van der Waals surface area (Å²) in [7, 11) is 0. The smallest absolute Gasteiger partial charge is 0.326 e. The molecule has 4 saturated carbocycles. The molecule has 4 bridgehead atoms. The molecular formula is C22H24N6O2. The van der Waals surface area contributed by atoms with Gasteiger partial charge in [0.15, 0.2) is 0 Å². The minimum atomic E-state index is -0.330. The number of amides is 1. The fourth-order valence-corrected chi connectivity index (χ4v) is 7.02. The summed E-state index contributed by atoms with van der Waals surface area (Å²) in [4.78, 5) is 36.7. The average molecular weight is 404 g/mol. The Bertz CT molecular complexity index is 1240. The van der Waals surface area contributed by atoms with Gasteiger partial charge in [-0.3, -0.25) is 9.36 Å². The SMILES string of the molecule is N#CCCNC(=O)C12CC3CC(C1)C(n1c(=O)[nH]c4cnc5[nH]ccc5c41)C(C3)C2. The lowest BCUT2D eigenvalue weighted by Crippen LogP contribution is -2.57. The number of fused-ring (bicyclic) bond motifs is 3. The Labute approximate surface area is 172 Å². The van der Waals surface area contributed by atoms with E-state index < -0.39 is 0 Å². The van der Waals surface area contributed by atoms with Crippen molar-refractivity contribution in [2.24, 2.45) is 23.2 Å². The van der Waals surface area contributed by atoms with Crippen molar-refractivity contribution in [1.82, 2.24) is 24.8 Å². The van der Waals surface area contributed by atoms with Crippen LogP contribution in [0.3, 0.4) is 0 Å². The topological polar surface area (TPSA) is 119 Å². The first-order chi connectivity index (χ1) is 14.6.